The van der Waals surface area contributed by atoms with E-state index in [2.05, 4.69) is 10.2 Å². The number of methoxy groups -OCH3 is 3. The molecule has 40 heavy (non-hydrogen) atoms. The van der Waals surface area contributed by atoms with Crippen molar-refractivity contribution in [3.63, 3.8) is 0 Å². The molecule has 0 bridgehead atoms. The fraction of sp³-hybridized carbons (Fsp3) is 0.464. The molecule has 1 saturated heterocycles. The Labute approximate surface area is 232 Å². The molecule has 1 amide bonds. The topological polar surface area (TPSA) is 120 Å². The van der Waals surface area contributed by atoms with Gasteiger partial charge in [-0.25, -0.2) is 4.99 Å². The van der Waals surface area contributed by atoms with Crippen LogP contribution < -0.4 is 29.0 Å². The number of hydrogen-bond donors (Lipinski definition) is 1. The lowest BCUT2D eigenvalue weighted by molar-refractivity contribution is -0.153. The van der Waals surface area contributed by atoms with Gasteiger partial charge in [-0.15, -0.1) is 0 Å². The van der Waals surface area contributed by atoms with E-state index in [-0.39, 0.29) is 13.4 Å². The molecule has 0 unspecified atom stereocenters. The highest BCUT2D eigenvalue weighted by molar-refractivity contribution is 6.08. The number of ether oxygens (including phenoxy) is 6. The third-order valence-corrected chi connectivity index (χ3v) is 7.18. The van der Waals surface area contributed by atoms with E-state index in [1.54, 1.807) is 19.1 Å². The molecule has 2 atom stereocenters. The molecule has 214 valence electrons. The van der Waals surface area contributed by atoms with Gasteiger partial charge in [0.1, 0.15) is 6.04 Å². The molecule has 0 spiro atoms. The molecular weight excluding hydrogens is 520 g/mol. The Morgan fingerprint density at radius 1 is 1.00 bits per heavy atom. The molecule has 3 aliphatic rings. The van der Waals surface area contributed by atoms with Crippen molar-refractivity contribution in [2.24, 2.45) is 10.9 Å². The van der Waals surface area contributed by atoms with E-state index in [9.17, 15) is 9.59 Å². The summed E-state index contributed by atoms with van der Waals surface area (Å²) in [5, 5.41) is 2.85. The van der Waals surface area contributed by atoms with E-state index >= 15 is 0 Å². The summed E-state index contributed by atoms with van der Waals surface area (Å²) in [6.45, 7) is 5.68. The van der Waals surface area contributed by atoms with Crippen LogP contribution in [-0.4, -0.2) is 88.5 Å². The Morgan fingerprint density at radius 3 is 2.35 bits per heavy atom. The summed E-state index contributed by atoms with van der Waals surface area (Å²) < 4.78 is 32.6. The molecule has 12 nitrogen and oxygen atoms in total. The number of hydrogen-bond acceptors (Lipinski definition) is 11. The predicted molar refractivity (Wildman–Crippen MR) is 144 cm³/mol. The zero-order valence-electron chi connectivity index (χ0n) is 23.1. The summed E-state index contributed by atoms with van der Waals surface area (Å²) in [6, 6.07) is 8.56. The Hall–Kier alpha value is -4.19. The minimum Gasteiger partial charge on any atom is -0.493 e. The molecule has 2 aromatic carbocycles. The molecule has 0 aliphatic carbocycles. The number of guanidine groups is 1. The maximum Gasteiger partial charge on any atom is 0.321 e. The number of nitrogens with one attached hydrogen (secondary N) is 1. The SMILES string of the molecule is CCOC(=O)[C@H]1C(=O)NC(N2CCN(Cc3ccc4c(c3)OCO4)CC2)=N[C@@H]1c1cc(OC)c(OC)c(OC)c1. The fourth-order valence-electron chi connectivity index (χ4n) is 5.15. The number of amides is 1. The Bertz CT molecular complexity index is 1270. The van der Waals surface area contributed by atoms with Gasteiger partial charge < -0.3 is 33.3 Å². The van der Waals surface area contributed by atoms with Crippen molar-refractivity contribution in [3.05, 3.63) is 41.5 Å². The van der Waals surface area contributed by atoms with Gasteiger partial charge in [-0.3, -0.25) is 19.8 Å². The van der Waals surface area contributed by atoms with Gasteiger partial charge in [-0.1, -0.05) is 6.07 Å². The van der Waals surface area contributed by atoms with E-state index in [1.165, 1.54) is 21.3 Å². The normalized spacial score (nSPS) is 20.4. The van der Waals surface area contributed by atoms with Crippen LogP contribution in [0.1, 0.15) is 24.1 Å². The second kappa shape index (κ2) is 11.9. The summed E-state index contributed by atoms with van der Waals surface area (Å²) in [5.41, 5.74) is 1.71. The fourth-order valence-corrected chi connectivity index (χ4v) is 5.15. The molecular formula is C28H34N4O8. The van der Waals surface area contributed by atoms with Crippen molar-refractivity contribution < 1.29 is 38.0 Å². The van der Waals surface area contributed by atoms with E-state index in [1.807, 2.05) is 23.1 Å². The van der Waals surface area contributed by atoms with Crippen molar-refractivity contribution in [2.75, 3.05) is 60.9 Å². The summed E-state index contributed by atoms with van der Waals surface area (Å²) in [7, 11) is 4.53. The number of benzene rings is 2. The Balaban J connectivity index is 1.37. The number of esters is 1. The maximum atomic E-state index is 13.3. The van der Waals surface area contributed by atoms with Gasteiger partial charge in [0.2, 0.25) is 24.4 Å². The monoisotopic (exact) mass is 554 g/mol. The largest absolute Gasteiger partial charge is 0.493 e. The standard InChI is InChI=1S/C28H34N4O8/c1-5-38-27(34)23-24(18-13-21(35-2)25(37-4)22(14-18)36-3)29-28(30-26(23)33)32-10-8-31(9-11-32)15-17-6-7-19-20(12-17)40-16-39-19/h6-7,12-14,23-24H,5,8-11,15-16H2,1-4H3,(H,29,30,33)/t23-,24-/m1/s1. The quantitative estimate of drug-likeness (QED) is 0.383. The average Bonchev–Trinajstić information content (AvgIpc) is 3.44. The van der Waals surface area contributed by atoms with Crippen molar-refractivity contribution in [1.29, 1.82) is 0 Å². The zero-order valence-corrected chi connectivity index (χ0v) is 23.1. The van der Waals surface area contributed by atoms with Crippen molar-refractivity contribution in [2.45, 2.75) is 19.5 Å². The molecule has 3 aliphatic heterocycles. The van der Waals surface area contributed by atoms with Gasteiger partial charge in [0.15, 0.2) is 28.9 Å². The van der Waals surface area contributed by atoms with Crippen LogP contribution in [0, 0.1) is 5.92 Å². The number of carbonyl (C=O) groups excluding carboxylic acids is 2. The van der Waals surface area contributed by atoms with Crippen LogP contribution >= 0.6 is 0 Å². The van der Waals surface area contributed by atoms with Crippen molar-refractivity contribution in [3.8, 4) is 28.7 Å². The van der Waals surface area contributed by atoms with Crippen LogP contribution in [-0.2, 0) is 20.9 Å². The number of nitrogens with zero attached hydrogens (tertiary/aromatic N) is 3. The summed E-state index contributed by atoms with van der Waals surface area (Å²) in [6.07, 6.45) is 0. The first-order chi connectivity index (χ1) is 19.4. The van der Waals surface area contributed by atoms with Crippen LogP contribution in [0.2, 0.25) is 0 Å². The Morgan fingerprint density at radius 2 is 1.70 bits per heavy atom. The molecule has 1 N–H and O–H groups in total. The number of aliphatic imine (C=N–C) groups is 1. The molecule has 12 heteroatoms. The summed E-state index contributed by atoms with van der Waals surface area (Å²) in [5.74, 6) is 0.890. The van der Waals surface area contributed by atoms with Crippen LogP contribution in [0.4, 0.5) is 0 Å². The number of fused-ring (bicyclic) bond motifs is 1. The third-order valence-electron chi connectivity index (χ3n) is 7.18. The minimum atomic E-state index is -1.17. The van der Waals surface area contributed by atoms with Gasteiger partial charge in [-0.2, -0.15) is 0 Å². The second-order valence-electron chi connectivity index (χ2n) is 9.53. The third kappa shape index (κ3) is 5.44. The highest BCUT2D eigenvalue weighted by Crippen LogP contribution is 2.42. The molecule has 3 heterocycles. The average molecular weight is 555 g/mol. The number of rotatable bonds is 8. The van der Waals surface area contributed by atoms with E-state index in [0.29, 0.717) is 41.9 Å². The lowest BCUT2D eigenvalue weighted by Gasteiger charge is -2.39. The predicted octanol–water partition coefficient (Wildman–Crippen LogP) is 1.97. The van der Waals surface area contributed by atoms with E-state index < -0.39 is 23.8 Å². The van der Waals surface area contributed by atoms with Gasteiger partial charge in [0, 0.05) is 32.7 Å². The number of carbonyl (C=O) groups is 2. The van der Waals surface area contributed by atoms with Crippen molar-refractivity contribution in [1.82, 2.24) is 15.1 Å². The van der Waals surface area contributed by atoms with E-state index in [4.69, 9.17) is 33.4 Å². The highest BCUT2D eigenvalue weighted by atomic mass is 16.7. The van der Waals surface area contributed by atoms with Crippen LogP contribution in [0.15, 0.2) is 35.3 Å². The first-order valence-electron chi connectivity index (χ1n) is 13.2. The summed E-state index contributed by atoms with van der Waals surface area (Å²) >= 11 is 0. The molecule has 0 aromatic heterocycles. The highest BCUT2D eigenvalue weighted by Gasteiger charge is 2.43. The molecule has 5 rings (SSSR count). The lowest BCUT2D eigenvalue weighted by Crippen LogP contribution is -2.57. The second-order valence-corrected chi connectivity index (χ2v) is 9.53. The maximum absolute atomic E-state index is 13.3. The minimum absolute atomic E-state index is 0.145. The molecule has 1 fully saturated rings. The lowest BCUT2D eigenvalue weighted by atomic mass is 9.90. The molecule has 0 radical (unpaired) electrons. The van der Waals surface area contributed by atoms with Crippen LogP contribution in [0.25, 0.3) is 0 Å². The van der Waals surface area contributed by atoms with Crippen molar-refractivity contribution >= 4 is 17.8 Å². The smallest absolute Gasteiger partial charge is 0.321 e. The first-order valence-corrected chi connectivity index (χ1v) is 13.2. The van der Waals surface area contributed by atoms with Crippen LogP contribution in [0.3, 0.4) is 0 Å². The van der Waals surface area contributed by atoms with Gasteiger partial charge in [0.25, 0.3) is 0 Å². The van der Waals surface area contributed by atoms with Gasteiger partial charge >= 0.3 is 5.97 Å². The Kier molecular flexibility index (Phi) is 8.15. The molecule has 0 saturated carbocycles. The molecule has 2 aromatic rings. The van der Waals surface area contributed by atoms with Gasteiger partial charge in [-0.05, 0) is 42.3 Å². The first kappa shape index (κ1) is 27.4. The van der Waals surface area contributed by atoms with Crippen LogP contribution in [0.5, 0.6) is 28.7 Å². The zero-order chi connectivity index (χ0) is 28.2. The summed E-state index contributed by atoms with van der Waals surface area (Å²) in [4.78, 5) is 35.5. The van der Waals surface area contributed by atoms with E-state index in [0.717, 1.165) is 36.7 Å². The van der Waals surface area contributed by atoms with Gasteiger partial charge in [0.05, 0.1) is 27.9 Å². The number of piperazine rings is 1.